The van der Waals surface area contributed by atoms with Gasteiger partial charge in [-0.1, -0.05) is 30.3 Å². The Bertz CT molecular complexity index is 552. The van der Waals surface area contributed by atoms with E-state index in [-0.39, 0.29) is 5.82 Å². The smallest absolute Gasteiger partial charge is 0.210 e. The monoisotopic (exact) mass is 272 g/mol. The van der Waals surface area contributed by atoms with Crippen LogP contribution in [0.5, 0.6) is 0 Å². The van der Waals surface area contributed by atoms with Gasteiger partial charge < -0.3 is 5.32 Å². The molecule has 0 heterocycles. The van der Waals surface area contributed by atoms with E-state index in [0.29, 0.717) is 12.5 Å². The van der Waals surface area contributed by atoms with E-state index in [1.54, 1.807) is 12.1 Å². The van der Waals surface area contributed by atoms with Crippen LogP contribution in [0.1, 0.15) is 5.56 Å². The standard InChI is InChI=1S/C15H17FN4/c16-13-8-6-12(7-9-13)10-11-18-15(20-17)19-14-4-2-1-3-5-14/h1-9H,10-11,17H2,(H2,18,19,20). The highest BCUT2D eigenvalue weighted by Gasteiger charge is 1.98. The van der Waals surface area contributed by atoms with E-state index in [4.69, 9.17) is 5.84 Å². The molecule has 2 aromatic carbocycles. The first-order valence-corrected chi connectivity index (χ1v) is 6.35. The molecule has 4 nitrogen and oxygen atoms in total. The third-order valence-corrected chi connectivity index (χ3v) is 2.76. The van der Waals surface area contributed by atoms with Crippen molar-refractivity contribution < 1.29 is 4.39 Å². The van der Waals surface area contributed by atoms with Gasteiger partial charge in [-0.3, -0.25) is 10.4 Å². The van der Waals surface area contributed by atoms with Gasteiger partial charge >= 0.3 is 0 Å². The molecule has 0 aliphatic carbocycles. The Morgan fingerprint density at radius 3 is 2.40 bits per heavy atom. The van der Waals surface area contributed by atoms with Crippen LogP contribution in [0.4, 0.5) is 10.1 Å². The van der Waals surface area contributed by atoms with E-state index in [2.05, 4.69) is 15.7 Å². The van der Waals surface area contributed by atoms with E-state index < -0.39 is 0 Å². The number of anilines is 1. The molecule has 0 aliphatic rings. The lowest BCUT2D eigenvalue weighted by atomic mass is 10.1. The quantitative estimate of drug-likeness (QED) is 0.346. The minimum absolute atomic E-state index is 0.229. The van der Waals surface area contributed by atoms with E-state index in [0.717, 1.165) is 17.7 Å². The molecule has 2 rings (SSSR count). The number of nitrogens with two attached hydrogens (primary N) is 1. The van der Waals surface area contributed by atoms with Gasteiger partial charge in [0.2, 0.25) is 5.96 Å². The molecule has 4 N–H and O–H groups in total. The average Bonchev–Trinajstić information content (AvgIpc) is 2.49. The number of nitrogens with zero attached hydrogens (tertiary/aromatic N) is 1. The zero-order chi connectivity index (χ0) is 14.2. The van der Waals surface area contributed by atoms with E-state index >= 15 is 0 Å². The second kappa shape index (κ2) is 7.25. The van der Waals surface area contributed by atoms with Crippen LogP contribution in [0.3, 0.4) is 0 Å². The van der Waals surface area contributed by atoms with Gasteiger partial charge in [-0.2, -0.15) is 0 Å². The van der Waals surface area contributed by atoms with Crippen molar-refractivity contribution in [2.45, 2.75) is 6.42 Å². The van der Waals surface area contributed by atoms with Crippen molar-refractivity contribution in [2.75, 3.05) is 11.9 Å². The van der Waals surface area contributed by atoms with Crippen molar-refractivity contribution >= 4 is 11.6 Å². The van der Waals surface area contributed by atoms with Crippen LogP contribution >= 0.6 is 0 Å². The number of halogens is 1. The fraction of sp³-hybridized carbons (Fsp3) is 0.133. The number of rotatable bonds is 4. The second-order valence-electron chi connectivity index (χ2n) is 4.24. The van der Waals surface area contributed by atoms with Crippen molar-refractivity contribution in [3.8, 4) is 0 Å². The summed E-state index contributed by atoms with van der Waals surface area (Å²) in [5.74, 6) is 5.70. The van der Waals surface area contributed by atoms with Gasteiger partial charge in [0, 0.05) is 12.2 Å². The van der Waals surface area contributed by atoms with E-state index in [1.807, 2.05) is 30.3 Å². The number of aliphatic imine (C=N–C) groups is 1. The molecule has 0 spiro atoms. The maximum atomic E-state index is 12.8. The van der Waals surface area contributed by atoms with Gasteiger partial charge in [0.15, 0.2) is 0 Å². The molecule has 0 bridgehead atoms. The third-order valence-electron chi connectivity index (χ3n) is 2.76. The summed E-state index contributed by atoms with van der Waals surface area (Å²) in [6.45, 7) is 0.561. The Morgan fingerprint density at radius 1 is 1.05 bits per heavy atom. The van der Waals surface area contributed by atoms with Crippen LogP contribution in [0.15, 0.2) is 59.6 Å². The zero-order valence-electron chi connectivity index (χ0n) is 11.0. The highest BCUT2D eigenvalue weighted by Crippen LogP contribution is 2.05. The number of hydrogen-bond acceptors (Lipinski definition) is 2. The molecule has 0 radical (unpaired) electrons. The van der Waals surface area contributed by atoms with Crippen molar-refractivity contribution in [3.05, 3.63) is 66.0 Å². The number of hydrogen-bond donors (Lipinski definition) is 3. The van der Waals surface area contributed by atoms with Crippen LogP contribution in [0.25, 0.3) is 0 Å². The van der Waals surface area contributed by atoms with Gasteiger partial charge in [-0.15, -0.1) is 0 Å². The first kappa shape index (κ1) is 14.0. The molecule has 0 unspecified atom stereocenters. The first-order valence-electron chi connectivity index (χ1n) is 6.35. The summed E-state index contributed by atoms with van der Waals surface area (Å²) in [6.07, 6.45) is 0.724. The summed E-state index contributed by atoms with van der Waals surface area (Å²) in [6, 6.07) is 16.0. The van der Waals surface area contributed by atoms with Crippen LogP contribution < -0.4 is 16.6 Å². The molecule has 0 saturated carbocycles. The SMILES string of the molecule is NNC(=NCCc1ccc(F)cc1)Nc1ccccc1. The van der Waals surface area contributed by atoms with E-state index in [9.17, 15) is 4.39 Å². The van der Waals surface area contributed by atoms with Crippen molar-refractivity contribution in [1.82, 2.24) is 5.43 Å². The Hall–Kier alpha value is -2.40. The first-order chi connectivity index (χ1) is 9.78. The zero-order valence-corrected chi connectivity index (χ0v) is 11.0. The molecule has 0 saturated heterocycles. The fourth-order valence-electron chi connectivity index (χ4n) is 1.73. The van der Waals surface area contributed by atoms with Gasteiger partial charge in [0.05, 0.1) is 0 Å². The molecule has 2 aromatic rings. The third kappa shape index (κ3) is 4.37. The summed E-state index contributed by atoms with van der Waals surface area (Å²) in [7, 11) is 0. The predicted molar refractivity (Wildman–Crippen MR) is 79.8 cm³/mol. The molecule has 0 aliphatic heterocycles. The molecule has 0 fully saturated rings. The second-order valence-corrected chi connectivity index (χ2v) is 4.24. The summed E-state index contributed by atoms with van der Waals surface area (Å²) in [5.41, 5.74) is 4.47. The number of hydrazine groups is 1. The lowest BCUT2D eigenvalue weighted by Gasteiger charge is -2.08. The molecule has 104 valence electrons. The van der Waals surface area contributed by atoms with Crippen LogP contribution in [0, 0.1) is 5.82 Å². The predicted octanol–water partition coefficient (Wildman–Crippen LogP) is 2.30. The van der Waals surface area contributed by atoms with Crippen molar-refractivity contribution in [1.29, 1.82) is 0 Å². The van der Waals surface area contributed by atoms with Crippen LogP contribution in [0.2, 0.25) is 0 Å². The number of nitrogens with one attached hydrogen (secondary N) is 2. The normalized spacial score (nSPS) is 11.2. The summed E-state index contributed by atoms with van der Waals surface area (Å²) in [5, 5.41) is 3.08. The Morgan fingerprint density at radius 2 is 1.75 bits per heavy atom. The average molecular weight is 272 g/mol. The highest BCUT2D eigenvalue weighted by atomic mass is 19.1. The molecular weight excluding hydrogens is 255 g/mol. The Kier molecular flexibility index (Phi) is 5.08. The summed E-state index contributed by atoms with van der Waals surface area (Å²) < 4.78 is 12.8. The molecular formula is C15H17FN4. The van der Waals surface area contributed by atoms with Gasteiger partial charge in [-0.05, 0) is 36.2 Å². The summed E-state index contributed by atoms with van der Waals surface area (Å²) in [4.78, 5) is 4.33. The number of para-hydroxylation sites is 1. The minimum Gasteiger partial charge on any atom is -0.325 e. The maximum Gasteiger partial charge on any atom is 0.210 e. The lowest BCUT2D eigenvalue weighted by molar-refractivity contribution is 0.627. The minimum atomic E-state index is -0.229. The van der Waals surface area contributed by atoms with Crippen LogP contribution in [-0.2, 0) is 6.42 Å². The maximum absolute atomic E-state index is 12.8. The molecule has 20 heavy (non-hydrogen) atoms. The molecule has 0 atom stereocenters. The molecule has 0 amide bonds. The number of guanidine groups is 1. The van der Waals surface area contributed by atoms with Crippen LogP contribution in [-0.4, -0.2) is 12.5 Å². The topological polar surface area (TPSA) is 62.4 Å². The highest BCUT2D eigenvalue weighted by molar-refractivity contribution is 5.93. The Labute approximate surface area is 117 Å². The van der Waals surface area contributed by atoms with Gasteiger partial charge in [0.25, 0.3) is 0 Å². The van der Waals surface area contributed by atoms with Gasteiger partial charge in [0.1, 0.15) is 5.82 Å². The van der Waals surface area contributed by atoms with Crippen molar-refractivity contribution in [3.63, 3.8) is 0 Å². The fourth-order valence-corrected chi connectivity index (χ4v) is 1.73. The Balaban J connectivity index is 1.89. The van der Waals surface area contributed by atoms with Crippen molar-refractivity contribution in [2.24, 2.45) is 10.8 Å². The van der Waals surface area contributed by atoms with Gasteiger partial charge in [-0.25, -0.2) is 10.2 Å². The summed E-state index contributed by atoms with van der Waals surface area (Å²) >= 11 is 0. The largest absolute Gasteiger partial charge is 0.325 e. The van der Waals surface area contributed by atoms with E-state index in [1.165, 1.54) is 12.1 Å². The molecule has 5 heteroatoms. The lowest BCUT2D eigenvalue weighted by Crippen LogP contribution is -2.36. The molecule has 0 aromatic heterocycles. The number of benzene rings is 2.